The molecule has 2 aliphatic rings. The van der Waals surface area contributed by atoms with Crippen LogP contribution in [0.3, 0.4) is 0 Å². The van der Waals surface area contributed by atoms with E-state index in [0.29, 0.717) is 0 Å². The van der Waals surface area contributed by atoms with Crippen LogP contribution in [-0.2, 0) is 4.74 Å². The molecule has 2 atom stereocenters. The molecule has 0 aromatic carbocycles. The van der Waals surface area contributed by atoms with Crippen LogP contribution in [-0.4, -0.2) is 49.3 Å². The maximum absolute atomic E-state index is 5.79. The predicted molar refractivity (Wildman–Crippen MR) is 75.9 cm³/mol. The van der Waals surface area contributed by atoms with Gasteiger partial charge in [0.25, 0.3) is 0 Å². The van der Waals surface area contributed by atoms with Gasteiger partial charge < -0.3 is 10.1 Å². The van der Waals surface area contributed by atoms with Crippen LogP contribution < -0.4 is 5.32 Å². The normalized spacial score (nSPS) is 32.8. The van der Waals surface area contributed by atoms with E-state index in [1.807, 2.05) is 0 Å². The van der Waals surface area contributed by atoms with E-state index < -0.39 is 0 Å². The molecule has 0 amide bonds. The second-order valence-corrected chi connectivity index (χ2v) is 6.59. The molecular weight excluding hydrogens is 224 g/mol. The Morgan fingerprint density at radius 3 is 2.89 bits per heavy atom. The summed E-state index contributed by atoms with van der Waals surface area (Å²) in [4.78, 5) is 2.61. The number of nitrogens with zero attached hydrogens (tertiary/aromatic N) is 1. The lowest BCUT2D eigenvalue weighted by Crippen LogP contribution is -2.51. The zero-order chi connectivity index (χ0) is 13.0. The van der Waals surface area contributed by atoms with Crippen molar-refractivity contribution in [1.29, 1.82) is 0 Å². The largest absolute Gasteiger partial charge is 0.373 e. The van der Waals surface area contributed by atoms with E-state index in [0.717, 1.165) is 31.7 Å². The van der Waals surface area contributed by atoms with Gasteiger partial charge in [-0.15, -0.1) is 0 Å². The average Bonchev–Trinajstić information content (AvgIpc) is 2.72. The van der Waals surface area contributed by atoms with Gasteiger partial charge in [-0.05, 0) is 45.6 Å². The zero-order valence-electron chi connectivity index (χ0n) is 12.4. The first kappa shape index (κ1) is 14.3. The Bertz CT molecular complexity index is 255. The quantitative estimate of drug-likeness (QED) is 0.814. The average molecular weight is 254 g/mol. The Balaban J connectivity index is 1.80. The van der Waals surface area contributed by atoms with Crippen molar-refractivity contribution < 1.29 is 4.74 Å². The van der Waals surface area contributed by atoms with Gasteiger partial charge >= 0.3 is 0 Å². The summed E-state index contributed by atoms with van der Waals surface area (Å²) in [5.74, 6) is 0.852. The summed E-state index contributed by atoms with van der Waals surface area (Å²) in [6, 6.07) is 0.760. The lowest BCUT2D eigenvalue weighted by molar-refractivity contribution is -0.0893. The first-order valence-corrected chi connectivity index (χ1v) is 7.70. The van der Waals surface area contributed by atoms with Crippen LogP contribution in [0.4, 0.5) is 0 Å². The van der Waals surface area contributed by atoms with Crippen LogP contribution in [0.1, 0.15) is 46.5 Å². The van der Waals surface area contributed by atoms with E-state index in [4.69, 9.17) is 4.74 Å². The molecule has 18 heavy (non-hydrogen) atoms. The lowest BCUT2D eigenvalue weighted by atomic mass is 10.0. The number of hydrogen-bond acceptors (Lipinski definition) is 3. The highest BCUT2D eigenvalue weighted by Gasteiger charge is 2.32. The molecule has 1 heterocycles. The third-order valence-electron chi connectivity index (χ3n) is 4.31. The fourth-order valence-corrected chi connectivity index (χ4v) is 3.46. The van der Waals surface area contributed by atoms with Gasteiger partial charge in [0.15, 0.2) is 0 Å². The predicted octanol–water partition coefficient (Wildman–Crippen LogP) is 2.27. The zero-order valence-corrected chi connectivity index (χ0v) is 12.4. The standard InChI is InChI=1S/C15H30N2O/c1-4-8-16-14-7-5-6-13(14)11-17-9-10-18-15(2,3)12-17/h13-14,16H,4-12H2,1-3H3. The Kier molecular flexibility index (Phi) is 5.05. The molecule has 2 unspecified atom stereocenters. The summed E-state index contributed by atoms with van der Waals surface area (Å²) >= 11 is 0. The SMILES string of the molecule is CCCNC1CCCC1CN1CCOC(C)(C)C1. The monoisotopic (exact) mass is 254 g/mol. The molecule has 2 fully saturated rings. The molecule has 3 heteroatoms. The molecular formula is C15H30N2O. The van der Waals surface area contributed by atoms with E-state index in [2.05, 4.69) is 31.0 Å². The first-order valence-electron chi connectivity index (χ1n) is 7.70. The topological polar surface area (TPSA) is 24.5 Å². The number of ether oxygens (including phenoxy) is 1. The Hall–Kier alpha value is -0.120. The third kappa shape index (κ3) is 3.94. The molecule has 2 rings (SSSR count). The van der Waals surface area contributed by atoms with E-state index in [1.54, 1.807) is 0 Å². The Labute approximate surface area is 112 Å². The summed E-state index contributed by atoms with van der Waals surface area (Å²) in [6.45, 7) is 12.2. The van der Waals surface area contributed by atoms with Gasteiger partial charge in [0, 0.05) is 25.7 Å². The minimum absolute atomic E-state index is 0.0448. The summed E-state index contributed by atoms with van der Waals surface area (Å²) < 4.78 is 5.79. The van der Waals surface area contributed by atoms with Gasteiger partial charge in [-0.1, -0.05) is 13.3 Å². The van der Waals surface area contributed by atoms with Crippen molar-refractivity contribution in [2.24, 2.45) is 5.92 Å². The second kappa shape index (κ2) is 6.36. The second-order valence-electron chi connectivity index (χ2n) is 6.59. The molecule has 1 saturated heterocycles. The third-order valence-corrected chi connectivity index (χ3v) is 4.31. The number of rotatable bonds is 5. The van der Waals surface area contributed by atoms with E-state index in [9.17, 15) is 0 Å². The molecule has 0 aromatic rings. The highest BCUT2D eigenvalue weighted by Crippen LogP contribution is 2.28. The molecule has 0 radical (unpaired) electrons. The van der Waals surface area contributed by atoms with E-state index in [-0.39, 0.29) is 5.60 Å². The smallest absolute Gasteiger partial charge is 0.0753 e. The molecule has 0 spiro atoms. The van der Waals surface area contributed by atoms with Crippen molar-refractivity contribution in [2.45, 2.75) is 58.1 Å². The molecule has 1 saturated carbocycles. The van der Waals surface area contributed by atoms with Crippen LogP contribution in [0.2, 0.25) is 0 Å². The minimum Gasteiger partial charge on any atom is -0.373 e. The van der Waals surface area contributed by atoms with Crippen molar-refractivity contribution in [2.75, 3.05) is 32.8 Å². The number of nitrogens with one attached hydrogen (secondary N) is 1. The molecule has 3 nitrogen and oxygen atoms in total. The Morgan fingerprint density at radius 2 is 2.17 bits per heavy atom. The first-order chi connectivity index (χ1) is 8.61. The van der Waals surface area contributed by atoms with Crippen molar-refractivity contribution in [3.63, 3.8) is 0 Å². The maximum atomic E-state index is 5.79. The van der Waals surface area contributed by atoms with Crippen LogP contribution in [0.5, 0.6) is 0 Å². The summed E-state index contributed by atoms with van der Waals surface area (Å²) in [5, 5.41) is 3.73. The van der Waals surface area contributed by atoms with Crippen LogP contribution >= 0.6 is 0 Å². The van der Waals surface area contributed by atoms with Gasteiger partial charge in [-0.2, -0.15) is 0 Å². The van der Waals surface area contributed by atoms with Crippen LogP contribution in [0.25, 0.3) is 0 Å². The fourth-order valence-electron chi connectivity index (χ4n) is 3.46. The number of hydrogen-bond donors (Lipinski definition) is 1. The van der Waals surface area contributed by atoms with Gasteiger partial charge in [-0.25, -0.2) is 0 Å². The molecule has 106 valence electrons. The molecule has 0 bridgehead atoms. The maximum Gasteiger partial charge on any atom is 0.0753 e. The number of morpholine rings is 1. The van der Waals surface area contributed by atoms with Gasteiger partial charge in [0.1, 0.15) is 0 Å². The molecule has 1 aliphatic heterocycles. The summed E-state index contributed by atoms with van der Waals surface area (Å²) in [7, 11) is 0. The van der Waals surface area contributed by atoms with E-state index in [1.165, 1.54) is 38.8 Å². The van der Waals surface area contributed by atoms with Gasteiger partial charge in [-0.3, -0.25) is 4.90 Å². The van der Waals surface area contributed by atoms with Crippen molar-refractivity contribution in [3.8, 4) is 0 Å². The minimum atomic E-state index is 0.0448. The molecule has 0 aromatic heterocycles. The molecule has 1 aliphatic carbocycles. The van der Waals surface area contributed by atoms with Crippen LogP contribution in [0.15, 0.2) is 0 Å². The highest BCUT2D eigenvalue weighted by molar-refractivity contribution is 4.87. The Morgan fingerprint density at radius 1 is 1.33 bits per heavy atom. The van der Waals surface area contributed by atoms with E-state index >= 15 is 0 Å². The van der Waals surface area contributed by atoms with Crippen molar-refractivity contribution >= 4 is 0 Å². The van der Waals surface area contributed by atoms with Gasteiger partial charge in [0.2, 0.25) is 0 Å². The van der Waals surface area contributed by atoms with Crippen molar-refractivity contribution in [3.05, 3.63) is 0 Å². The van der Waals surface area contributed by atoms with Crippen LogP contribution in [0, 0.1) is 5.92 Å². The summed E-state index contributed by atoms with van der Waals surface area (Å²) in [6.07, 6.45) is 5.42. The molecule has 1 N–H and O–H groups in total. The highest BCUT2D eigenvalue weighted by atomic mass is 16.5. The lowest BCUT2D eigenvalue weighted by Gasteiger charge is -2.40. The fraction of sp³-hybridized carbons (Fsp3) is 1.00. The van der Waals surface area contributed by atoms with Gasteiger partial charge in [0.05, 0.1) is 12.2 Å². The summed E-state index contributed by atoms with van der Waals surface area (Å²) in [5.41, 5.74) is 0.0448. The van der Waals surface area contributed by atoms with Crippen molar-refractivity contribution in [1.82, 2.24) is 10.2 Å².